The number of carbonyl (C=O) groups excluding carboxylic acids is 1. The summed E-state index contributed by atoms with van der Waals surface area (Å²) < 4.78 is 0. The minimum Gasteiger partial charge on any atom is -0.298 e. The highest BCUT2D eigenvalue weighted by molar-refractivity contribution is 5.86. The van der Waals surface area contributed by atoms with Gasteiger partial charge in [0.1, 0.15) is 5.78 Å². The second kappa shape index (κ2) is 3.58. The van der Waals surface area contributed by atoms with Gasteiger partial charge in [-0.2, -0.15) is 0 Å². The molecule has 2 nitrogen and oxygen atoms in total. The third-order valence-electron chi connectivity index (χ3n) is 4.83. The van der Waals surface area contributed by atoms with E-state index in [2.05, 4.69) is 4.90 Å². The van der Waals surface area contributed by atoms with Gasteiger partial charge in [0.05, 0.1) is 6.04 Å². The SMILES string of the molecule is O=C1CCCC1N1CCCC12CCCC2. The van der Waals surface area contributed by atoms with Crippen molar-refractivity contribution in [3.8, 4) is 0 Å². The molecule has 3 rings (SSSR count). The van der Waals surface area contributed by atoms with Crippen molar-refractivity contribution < 1.29 is 4.79 Å². The van der Waals surface area contributed by atoms with Crippen LogP contribution < -0.4 is 0 Å². The average Bonchev–Trinajstić information content (AvgIpc) is 2.90. The highest BCUT2D eigenvalue weighted by Crippen LogP contribution is 2.45. The number of hydrogen-bond donors (Lipinski definition) is 0. The molecule has 2 heteroatoms. The zero-order valence-electron chi connectivity index (χ0n) is 9.50. The highest BCUT2D eigenvalue weighted by atomic mass is 16.1. The summed E-state index contributed by atoms with van der Waals surface area (Å²) in [5.41, 5.74) is 0.463. The van der Waals surface area contributed by atoms with Gasteiger partial charge >= 0.3 is 0 Å². The Bertz CT molecular complexity index is 262. The molecule has 0 aromatic heterocycles. The third kappa shape index (κ3) is 1.45. The van der Waals surface area contributed by atoms with E-state index in [1.165, 1.54) is 45.1 Å². The van der Waals surface area contributed by atoms with E-state index in [1.807, 2.05) is 0 Å². The molecule has 0 bridgehead atoms. The summed E-state index contributed by atoms with van der Waals surface area (Å²) in [6.45, 7) is 1.19. The lowest BCUT2D eigenvalue weighted by Crippen LogP contribution is -2.49. The first kappa shape index (κ1) is 9.83. The Kier molecular flexibility index (Phi) is 2.35. The standard InChI is InChI=1S/C13H21NO/c15-12-6-3-5-11(12)14-10-4-9-13(14)7-1-2-8-13/h11H,1-10H2. The molecule has 2 saturated carbocycles. The van der Waals surface area contributed by atoms with Crippen molar-refractivity contribution in [3.05, 3.63) is 0 Å². The van der Waals surface area contributed by atoms with Crippen molar-refractivity contribution in [3.63, 3.8) is 0 Å². The van der Waals surface area contributed by atoms with Crippen LogP contribution in [0.1, 0.15) is 57.8 Å². The molecule has 1 spiro atoms. The number of Topliss-reactive ketones (excluding diaryl/α,β-unsaturated/α-hetero) is 1. The van der Waals surface area contributed by atoms with Crippen LogP contribution in [0.2, 0.25) is 0 Å². The maximum atomic E-state index is 11.9. The molecule has 0 N–H and O–H groups in total. The molecule has 0 aromatic rings. The summed E-state index contributed by atoms with van der Waals surface area (Å²) in [7, 11) is 0. The molecule has 2 aliphatic carbocycles. The normalized spacial score (nSPS) is 35.7. The van der Waals surface area contributed by atoms with Crippen LogP contribution in [-0.2, 0) is 4.79 Å². The molecule has 0 aromatic carbocycles. The molecule has 1 unspecified atom stereocenters. The van der Waals surface area contributed by atoms with E-state index >= 15 is 0 Å². The van der Waals surface area contributed by atoms with Gasteiger partial charge in [0.15, 0.2) is 0 Å². The third-order valence-corrected chi connectivity index (χ3v) is 4.83. The second-order valence-electron chi connectivity index (χ2n) is 5.60. The van der Waals surface area contributed by atoms with Crippen LogP contribution in [-0.4, -0.2) is 28.8 Å². The zero-order chi connectivity index (χ0) is 10.3. The van der Waals surface area contributed by atoms with E-state index in [0.29, 0.717) is 17.4 Å². The first-order chi connectivity index (χ1) is 7.32. The van der Waals surface area contributed by atoms with Crippen LogP contribution in [0.15, 0.2) is 0 Å². The Morgan fingerprint density at radius 2 is 1.80 bits per heavy atom. The van der Waals surface area contributed by atoms with E-state index in [9.17, 15) is 4.79 Å². The van der Waals surface area contributed by atoms with Crippen LogP contribution in [0, 0.1) is 0 Å². The molecule has 1 saturated heterocycles. The average molecular weight is 207 g/mol. The van der Waals surface area contributed by atoms with E-state index in [4.69, 9.17) is 0 Å². The molecule has 1 atom stereocenters. The molecular weight excluding hydrogens is 186 g/mol. The van der Waals surface area contributed by atoms with E-state index in [1.54, 1.807) is 0 Å². The maximum Gasteiger partial charge on any atom is 0.149 e. The topological polar surface area (TPSA) is 20.3 Å². The van der Waals surface area contributed by atoms with Crippen LogP contribution in [0.4, 0.5) is 0 Å². The van der Waals surface area contributed by atoms with Gasteiger partial charge < -0.3 is 0 Å². The van der Waals surface area contributed by atoms with Crippen molar-refractivity contribution in [1.82, 2.24) is 4.90 Å². The smallest absolute Gasteiger partial charge is 0.149 e. The number of carbonyl (C=O) groups is 1. The quantitative estimate of drug-likeness (QED) is 0.658. The molecule has 0 amide bonds. The Balaban J connectivity index is 1.82. The number of ketones is 1. The van der Waals surface area contributed by atoms with Crippen LogP contribution in [0.25, 0.3) is 0 Å². The monoisotopic (exact) mass is 207 g/mol. The van der Waals surface area contributed by atoms with Gasteiger partial charge in [-0.15, -0.1) is 0 Å². The lowest BCUT2D eigenvalue weighted by molar-refractivity contribution is -0.123. The van der Waals surface area contributed by atoms with Gasteiger partial charge in [-0.25, -0.2) is 0 Å². The lowest BCUT2D eigenvalue weighted by atomic mass is 9.92. The van der Waals surface area contributed by atoms with Crippen molar-refractivity contribution in [1.29, 1.82) is 0 Å². The van der Waals surface area contributed by atoms with Crippen molar-refractivity contribution in [2.24, 2.45) is 0 Å². The van der Waals surface area contributed by atoms with Crippen LogP contribution in [0.3, 0.4) is 0 Å². The van der Waals surface area contributed by atoms with Gasteiger partial charge in [0, 0.05) is 12.0 Å². The highest BCUT2D eigenvalue weighted by Gasteiger charge is 2.47. The minimum atomic E-state index is 0.311. The Morgan fingerprint density at radius 3 is 2.47 bits per heavy atom. The van der Waals surface area contributed by atoms with Crippen LogP contribution >= 0.6 is 0 Å². The van der Waals surface area contributed by atoms with E-state index in [-0.39, 0.29) is 0 Å². The summed E-state index contributed by atoms with van der Waals surface area (Å²) in [6.07, 6.45) is 11.3. The van der Waals surface area contributed by atoms with Gasteiger partial charge in [0.25, 0.3) is 0 Å². The Labute approximate surface area is 92.0 Å². The molecule has 3 fully saturated rings. The molecule has 1 heterocycles. The first-order valence-corrected chi connectivity index (χ1v) is 6.61. The summed E-state index contributed by atoms with van der Waals surface area (Å²) in [5.74, 6) is 0.531. The molecule has 15 heavy (non-hydrogen) atoms. The van der Waals surface area contributed by atoms with Crippen molar-refractivity contribution in [2.75, 3.05) is 6.54 Å². The zero-order valence-corrected chi connectivity index (χ0v) is 9.50. The van der Waals surface area contributed by atoms with E-state index in [0.717, 1.165) is 19.3 Å². The minimum absolute atomic E-state index is 0.311. The van der Waals surface area contributed by atoms with Crippen molar-refractivity contribution in [2.45, 2.75) is 69.4 Å². The first-order valence-electron chi connectivity index (χ1n) is 6.61. The summed E-state index contributed by atoms with van der Waals surface area (Å²) in [5, 5.41) is 0. The second-order valence-corrected chi connectivity index (χ2v) is 5.60. The van der Waals surface area contributed by atoms with Gasteiger partial charge in [-0.3, -0.25) is 9.69 Å². The molecule has 1 aliphatic heterocycles. The number of likely N-dealkylation sites (tertiary alicyclic amines) is 1. The van der Waals surface area contributed by atoms with Gasteiger partial charge in [-0.05, 0) is 45.1 Å². The fourth-order valence-electron chi connectivity index (χ4n) is 4.14. The largest absolute Gasteiger partial charge is 0.298 e. The summed E-state index contributed by atoms with van der Waals surface area (Å²) in [4.78, 5) is 14.5. The summed E-state index contributed by atoms with van der Waals surface area (Å²) >= 11 is 0. The fourth-order valence-corrected chi connectivity index (χ4v) is 4.14. The fraction of sp³-hybridized carbons (Fsp3) is 0.923. The Hall–Kier alpha value is -0.370. The number of rotatable bonds is 1. The predicted molar refractivity (Wildman–Crippen MR) is 59.8 cm³/mol. The molecule has 0 radical (unpaired) electrons. The predicted octanol–water partition coefficient (Wildman–Crippen LogP) is 2.52. The van der Waals surface area contributed by atoms with Crippen LogP contribution in [0.5, 0.6) is 0 Å². The lowest BCUT2D eigenvalue weighted by Gasteiger charge is -2.38. The van der Waals surface area contributed by atoms with Gasteiger partial charge in [0.2, 0.25) is 0 Å². The molecular formula is C13H21NO. The maximum absolute atomic E-state index is 11.9. The number of hydrogen-bond acceptors (Lipinski definition) is 2. The Morgan fingerprint density at radius 1 is 1.07 bits per heavy atom. The number of nitrogens with zero attached hydrogens (tertiary/aromatic N) is 1. The molecule has 84 valence electrons. The molecule has 3 aliphatic rings. The van der Waals surface area contributed by atoms with Gasteiger partial charge in [-0.1, -0.05) is 12.8 Å². The summed E-state index contributed by atoms with van der Waals surface area (Å²) in [6, 6.07) is 0.311. The van der Waals surface area contributed by atoms with Crippen molar-refractivity contribution >= 4 is 5.78 Å². The van der Waals surface area contributed by atoms with E-state index < -0.39 is 0 Å².